The number of hydrogen-bond donors (Lipinski definition) is 1. The summed E-state index contributed by atoms with van der Waals surface area (Å²) >= 11 is 0. The summed E-state index contributed by atoms with van der Waals surface area (Å²) in [5.41, 5.74) is 0. The van der Waals surface area contributed by atoms with Gasteiger partial charge in [-0.15, -0.1) is 0 Å². The molecule has 0 saturated carbocycles. The van der Waals surface area contributed by atoms with Gasteiger partial charge in [-0.3, -0.25) is 9.05 Å². The fraction of sp³-hybridized carbons (Fsp3) is 1.00. The van der Waals surface area contributed by atoms with E-state index in [2.05, 4.69) is 18.9 Å². The Hall–Kier alpha value is 1.11. The van der Waals surface area contributed by atoms with Gasteiger partial charge in [0, 0.05) is 0 Å². The first kappa shape index (κ1) is 18.5. The molecular formula is C9H23NNaO3P. The first-order chi connectivity index (χ1) is 6.68. The van der Waals surface area contributed by atoms with E-state index in [0.717, 1.165) is 25.7 Å². The van der Waals surface area contributed by atoms with Gasteiger partial charge in [-0.2, -0.15) is 0 Å². The van der Waals surface area contributed by atoms with Gasteiger partial charge in [-0.05, 0) is 19.9 Å². The molecule has 1 N–H and O–H groups in total. The Labute approximate surface area is 115 Å². The number of unbranched alkanes of at least 4 members (excludes halogenated alkanes) is 2. The van der Waals surface area contributed by atoms with Crippen molar-refractivity contribution in [3.63, 3.8) is 0 Å². The van der Waals surface area contributed by atoms with Crippen molar-refractivity contribution in [2.45, 2.75) is 39.5 Å². The minimum absolute atomic E-state index is 0. The fourth-order valence-corrected chi connectivity index (χ4v) is 1.90. The first-order valence-electron chi connectivity index (χ1n) is 5.26. The van der Waals surface area contributed by atoms with Crippen LogP contribution in [0, 0.1) is 0 Å². The van der Waals surface area contributed by atoms with Crippen LogP contribution in [-0.2, 0) is 13.6 Å². The summed E-state index contributed by atoms with van der Waals surface area (Å²) in [6.07, 6.45) is 3.86. The Balaban J connectivity index is 0. The standard InChI is InChI=1S/C9H22NO3P.Na.H/c1-4-6-8-12-14(11,10-3)13-9-7-5-2;;/h4-9H2,1-3H3,(H,10,11);;. The Morgan fingerprint density at radius 3 is 1.73 bits per heavy atom. The average Bonchev–Trinajstić information content (AvgIpc) is 2.19. The summed E-state index contributed by atoms with van der Waals surface area (Å²) in [6, 6.07) is 0. The van der Waals surface area contributed by atoms with Crippen molar-refractivity contribution < 1.29 is 13.6 Å². The van der Waals surface area contributed by atoms with Gasteiger partial charge in [0.25, 0.3) is 0 Å². The van der Waals surface area contributed by atoms with E-state index in [1.54, 1.807) is 7.05 Å². The van der Waals surface area contributed by atoms with Crippen molar-refractivity contribution in [1.29, 1.82) is 0 Å². The summed E-state index contributed by atoms with van der Waals surface area (Å²) in [5, 5.41) is 2.61. The van der Waals surface area contributed by atoms with E-state index >= 15 is 0 Å². The predicted octanol–water partition coefficient (Wildman–Crippen LogP) is 2.30. The van der Waals surface area contributed by atoms with E-state index in [1.165, 1.54) is 0 Å². The van der Waals surface area contributed by atoms with E-state index in [4.69, 9.17) is 9.05 Å². The molecule has 0 spiro atoms. The minimum atomic E-state index is -3.01. The Morgan fingerprint density at radius 1 is 1.07 bits per heavy atom. The SMILES string of the molecule is CCCCOP(=O)(NC)OCCCC.[NaH]. The van der Waals surface area contributed by atoms with Crippen molar-refractivity contribution >= 4 is 37.3 Å². The van der Waals surface area contributed by atoms with E-state index in [-0.39, 0.29) is 29.6 Å². The van der Waals surface area contributed by atoms with Gasteiger partial charge in [0.05, 0.1) is 13.2 Å². The molecule has 0 aliphatic carbocycles. The van der Waals surface area contributed by atoms with Crippen LogP contribution in [0.4, 0.5) is 0 Å². The predicted molar refractivity (Wildman–Crippen MR) is 65.5 cm³/mol. The summed E-state index contributed by atoms with van der Waals surface area (Å²) < 4.78 is 22.2. The summed E-state index contributed by atoms with van der Waals surface area (Å²) in [4.78, 5) is 0. The monoisotopic (exact) mass is 247 g/mol. The van der Waals surface area contributed by atoms with Crippen LogP contribution in [0.15, 0.2) is 0 Å². The average molecular weight is 247 g/mol. The maximum absolute atomic E-state index is 11.8. The van der Waals surface area contributed by atoms with E-state index in [1.807, 2.05) is 0 Å². The Kier molecular flexibility index (Phi) is 14.3. The molecule has 0 rings (SSSR count). The van der Waals surface area contributed by atoms with Gasteiger partial charge in [0.1, 0.15) is 0 Å². The Morgan fingerprint density at radius 2 is 1.47 bits per heavy atom. The van der Waals surface area contributed by atoms with E-state index in [9.17, 15) is 4.57 Å². The molecule has 0 aromatic carbocycles. The summed E-state index contributed by atoms with van der Waals surface area (Å²) in [5.74, 6) is 0. The summed E-state index contributed by atoms with van der Waals surface area (Å²) in [6.45, 7) is 5.10. The second-order valence-electron chi connectivity index (χ2n) is 3.09. The van der Waals surface area contributed by atoms with Crippen molar-refractivity contribution in [3.8, 4) is 0 Å². The second kappa shape index (κ2) is 11.6. The van der Waals surface area contributed by atoms with Gasteiger partial charge >= 0.3 is 37.3 Å². The number of nitrogens with one attached hydrogen (secondary N) is 1. The van der Waals surface area contributed by atoms with Crippen molar-refractivity contribution in [2.75, 3.05) is 20.3 Å². The van der Waals surface area contributed by atoms with Crippen LogP contribution in [0.1, 0.15) is 39.5 Å². The number of hydrogen-bond acceptors (Lipinski definition) is 3. The van der Waals surface area contributed by atoms with Crippen molar-refractivity contribution in [3.05, 3.63) is 0 Å². The normalized spacial score (nSPS) is 11.1. The molecule has 0 aliphatic heterocycles. The Bertz CT molecular complexity index is 167. The molecule has 0 aromatic heterocycles. The van der Waals surface area contributed by atoms with Crippen LogP contribution in [0.5, 0.6) is 0 Å². The van der Waals surface area contributed by atoms with E-state index < -0.39 is 7.75 Å². The third kappa shape index (κ3) is 10.0. The molecule has 4 nitrogen and oxygen atoms in total. The molecule has 0 radical (unpaired) electrons. The van der Waals surface area contributed by atoms with Crippen molar-refractivity contribution in [1.82, 2.24) is 5.09 Å². The molecule has 0 atom stereocenters. The van der Waals surface area contributed by atoms with Crippen LogP contribution >= 0.6 is 7.75 Å². The zero-order chi connectivity index (χ0) is 10.9. The number of rotatable bonds is 9. The molecule has 0 aliphatic rings. The third-order valence-electron chi connectivity index (χ3n) is 1.79. The zero-order valence-electron chi connectivity index (χ0n) is 9.41. The molecule has 0 unspecified atom stereocenters. The molecule has 0 aromatic rings. The van der Waals surface area contributed by atoms with Crippen LogP contribution < -0.4 is 5.09 Å². The van der Waals surface area contributed by atoms with Gasteiger partial charge in [-0.25, -0.2) is 9.65 Å². The van der Waals surface area contributed by atoms with E-state index in [0.29, 0.717) is 13.2 Å². The topological polar surface area (TPSA) is 47.6 Å². The van der Waals surface area contributed by atoms with Crippen LogP contribution in [-0.4, -0.2) is 49.8 Å². The van der Waals surface area contributed by atoms with Crippen LogP contribution in [0.3, 0.4) is 0 Å². The molecule has 0 fully saturated rings. The molecular weight excluding hydrogens is 224 g/mol. The third-order valence-corrected chi connectivity index (χ3v) is 3.38. The molecule has 0 heterocycles. The zero-order valence-corrected chi connectivity index (χ0v) is 10.3. The van der Waals surface area contributed by atoms with Gasteiger partial charge in [0.15, 0.2) is 0 Å². The summed E-state index contributed by atoms with van der Waals surface area (Å²) in [7, 11) is -1.41. The maximum atomic E-state index is 11.8. The molecule has 0 amide bonds. The van der Waals surface area contributed by atoms with Crippen molar-refractivity contribution in [2.24, 2.45) is 0 Å². The molecule has 0 bridgehead atoms. The van der Waals surface area contributed by atoms with Gasteiger partial charge < -0.3 is 0 Å². The van der Waals surface area contributed by atoms with Crippen LogP contribution in [0.2, 0.25) is 0 Å². The van der Waals surface area contributed by atoms with Gasteiger partial charge in [0.2, 0.25) is 0 Å². The molecule has 88 valence electrons. The molecule has 15 heavy (non-hydrogen) atoms. The van der Waals surface area contributed by atoms with Crippen LogP contribution in [0.25, 0.3) is 0 Å². The second-order valence-corrected chi connectivity index (χ2v) is 5.05. The fourth-order valence-electron chi connectivity index (χ4n) is 0.825. The quantitative estimate of drug-likeness (QED) is 0.386. The first-order valence-corrected chi connectivity index (χ1v) is 6.81. The molecule has 6 heteroatoms. The molecule has 0 saturated heterocycles. The van der Waals surface area contributed by atoms with Gasteiger partial charge in [-0.1, -0.05) is 26.7 Å².